The first-order chi connectivity index (χ1) is 14.5. The number of carbonyl (C=O) groups excluding carboxylic acids is 2. The van der Waals surface area contributed by atoms with Gasteiger partial charge in [-0.25, -0.2) is 0 Å². The predicted molar refractivity (Wildman–Crippen MR) is 117 cm³/mol. The van der Waals surface area contributed by atoms with E-state index in [2.05, 4.69) is 5.32 Å². The van der Waals surface area contributed by atoms with Crippen LogP contribution >= 0.6 is 11.6 Å². The Morgan fingerprint density at radius 1 is 1.03 bits per heavy atom. The van der Waals surface area contributed by atoms with Gasteiger partial charge in [0.1, 0.15) is 0 Å². The van der Waals surface area contributed by atoms with Crippen LogP contribution in [-0.2, 0) is 19.1 Å². The zero-order valence-electron chi connectivity index (χ0n) is 17.1. The molecule has 0 spiro atoms. The van der Waals surface area contributed by atoms with Crippen molar-refractivity contribution in [2.75, 3.05) is 19.5 Å². The summed E-state index contributed by atoms with van der Waals surface area (Å²) in [6.07, 6.45) is 5.35. The lowest BCUT2D eigenvalue weighted by Gasteiger charge is -2.36. The highest BCUT2D eigenvalue weighted by molar-refractivity contribution is 6.30. The molecular weight excluding hydrogens is 402 g/mol. The van der Waals surface area contributed by atoms with Crippen molar-refractivity contribution in [3.63, 3.8) is 0 Å². The third-order valence-corrected chi connectivity index (χ3v) is 5.80. The largest absolute Gasteiger partial charge is 0.469 e. The number of rotatable bonds is 7. The second-order valence-electron chi connectivity index (χ2n) is 7.30. The van der Waals surface area contributed by atoms with Gasteiger partial charge in [-0.3, -0.25) is 9.59 Å². The fourth-order valence-electron chi connectivity index (χ4n) is 4.07. The number of halogens is 1. The molecule has 0 heterocycles. The molecule has 1 N–H and O–H groups in total. The number of nitrogens with one attached hydrogen (secondary N) is 1. The highest BCUT2D eigenvalue weighted by atomic mass is 35.5. The fraction of sp³-hybridized carbons (Fsp3) is 0.333. The van der Waals surface area contributed by atoms with Crippen molar-refractivity contribution in [1.82, 2.24) is 0 Å². The minimum atomic E-state index is -0.642. The lowest BCUT2D eigenvalue weighted by atomic mass is 9.72. The molecule has 158 valence electrons. The highest BCUT2D eigenvalue weighted by Gasteiger charge is 2.43. The molecule has 2 aromatic carbocycles. The van der Waals surface area contributed by atoms with E-state index in [1.807, 2.05) is 54.6 Å². The Labute approximate surface area is 182 Å². The summed E-state index contributed by atoms with van der Waals surface area (Å²) in [7, 11) is 2.75. The van der Waals surface area contributed by atoms with Crippen LogP contribution in [0.5, 0.6) is 0 Å². The average molecular weight is 428 g/mol. The Morgan fingerprint density at radius 3 is 2.37 bits per heavy atom. The molecule has 0 aliphatic heterocycles. The fourth-order valence-corrected chi connectivity index (χ4v) is 4.19. The number of benzene rings is 2. The SMILES string of the molecule is COC(=O)[C@H]([C@H]1C=CCC[C@@H]1C(=O)OC)[C@H](Nc1ccccc1)c1ccc(Cl)cc1. The number of esters is 2. The molecule has 0 radical (unpaired) electrons. The molecule has 2 aromatic rings. The van der Waals surface area contributed by atoms with Gasteiger partial charge in [0.2, 0.25) is 0 Å². The van der Waals surface area contributed by atoms with Crippen LogP contribution in [-0.4, -0.2) is 26.2 Å². The molecule has 0 saturated carbocycles. The van der Waals surface area contributed by atoms with Gasteiger partial charge in [-0.2, -0.15) is 0 Å². The molecular formula is C24H26ClNO4. The molecule has 0 amide bonds. The quantitative estimate of drug-likeness (QED) is 0.495. The highest BCUT2D eigenvalue weighted by Crippen LogP contribution is 2.40. The van der Waals surface area contributed by atoms with Crippen LogP contribution in [0.4, 0.5) is 5.69 Å². The van der Waals surface area contributed by atoms with Gasteiger partial charge >= 0.3 is 11.9 Å². The summed E-state index contributed by atoms with van der Waals surface area (Å²) in [4.78, 5) is 25.6. The van der Waals surface area contributed by atoms with E-state index in [4.69, 9.17) is 21.1 Å². The van der Waals surface area contributed by atoms with E-state index in [1.165, 1.54) is 14.2 Å². The van der Waals surface area contributed by atoms with E-state index in [-0.39, 0.29) is 17.9 Å². The second-order valence-corrected chi connectivity index (χ2v) is 7.74. The molecule has 0 unspecified atom stereocenters. The minimum Gasteiger partial charge on any atom is -0.469 e. The zero-order chi connectivity index (χ0) is 21.5. The van der Waals surface area contributed by atoms with Crippen LogP contribution in [0.2, 0.25) is 5.02 Å². The predicted octanol–water partition coefficient (Wildman–Crippen LogP) is 5.04. The first-order valence-corrected chi connectivity index (χ1v) is 10.3. The summed E-state index contributed by atoms with van der Waals surface area (Å²) in [6.45, 7) is 0. The molecule has 5 nitrogen and oxygen atoms in total. The standard InChI is InChI=1S/C24H26ClNO4/c1-29-23(27)20-11-7-6-10-19(20)21(24(28)30-2)22(16-12-14-17(25)15-13-16)26-18-8-4-3-5-9-18/h3-6,8-10,12-15,19-22,26H,7,11H2,1-2H3/t19-,20-,21+,22+/m0/s1. The topological polar surface area (TPSA) is 64.6 Å². The van der Waals surface area contributed by atoms with E-state index in [1.54, 1.807) is 12.1 Å². The first-order valence-electron chi connectivity index (χ1n) is 9.94. The van der Waals surface area contributed by atoms with Crippen molar-refractivity contribution >= 4 is 29.2 Å². The second kappa shape index (κ2) is 10.3. The molecule has 0 saturated heterocycles. The maximum Gasteiger partial charge on any atom is 0.311 e. The average Bonchev–Trinajstić information content (AvgIpc) is 2.79. The van der Waals surface area contributed by atoms with Crippen LogP contribution in [0.25, 0.3) is 0 Å². The third kappa shape index (κ3) is 5.03. The number of anilines is 1. The smallest absolute Gasteiger partial charge is 0.311 e. The van der Waals surface area contributed by atoms with Crippen LogP contribution in [0, 0.1) is 17.8 Å². The Kier molecular flexibility index (Phi) is 7.52. The molecule has 1 aliphatic carbocycles. The number of methoxy groups -OCH3 is 2. The van der Waals surface area contributed by atoms with Crippen LogP contribution in [0.3, 0.4) is 0 Å². The van der Waals surface area contributed by atoms with Crippen molar-refractivity contribution in [3.8, 4) is 0 Å². The Hall–Kier alpha value is -2.79. The zero-order valence-corrected chi connectivity index (χ0v) is 17.8. The number of hydrogen-bond acceptors (Lipinski definition) is 5. The summed E-state index contributed by atoms with van der Waals surface area (Å²) in [6, 6.07) is 16.6. The molecule has 0 fully saturated rings. The lowest BCUT2D eigenvalue weighted by Crippen LogP contribution is -2.40. The van der Waals surface area contributed by atoms with Gasteiger partial charge in [0.15, 0.2) is 0 Å². The van der Waals surface area contributed by atoms with Gasteiger partial charge in [0, 0.05) is 16.6 Å². The monoisotopic (exact) mass is 427 g/mol. The Bertz CT molecular complexity index is 882. The molecule has 1 aliphatic rings. The van der Waals surface area contributed by atoms with Gasteiger partial charge in [0.25, 0.3) is 0 Å². The van der Waals surface area contributed by atoms with Crippen molar-refractivity contribution in [1.29, 1.82) is 0 Å². The summed E-state index contributed by atoms with van der Waals surface area (Å²) >= 11 is 6.09. The van der Waals surface area contributed by atoms with Crippen molar-refractivity contribution < 1.29 is 19.1 Å². The van der Waals surface area contributed by atoms with Crippen molar-refractivity contribution in [2.45, 2.75) is 18.9 Å². The normalized spacial score (nSPS) is 20.1. The van der Waals surface area contributed by atoms with Crippen LogP contribution in [0.1, 0.15) is 24.4 Å². The van der Waals surface area contributed by atoms with Crippen LogP contribution < -0.4 is 5.32 Å². The molecule has 6 heteroatoms. The van der Waals surface area contributed by atoms with Crippen molar-refractivity contribution in [2.24, 2.45) is 17.8 Å². The van der Waals surface area contributed by atoms with E-state index < -0.39 is 17.9 Å². The van der Waals surface area contributed by atoms with Crippen molar-refractivity contribution in [3.05, 3.63) is 77.3 Å². The van der Waals surface area contributed by atoms with Gasteiger partial charge in [-0.15, -0.1) is 0 Å². The molecule has 30 heavy (non-hydrogen) atoms. The molecule has 3 rings (SSSR count). The van der Waals surface area contributed by atoms with Gasteiger partial charge in [-0.1, -0.05) is 54.1 Å². The van der Waals surface area contributed by atoms with E-state index in [0.717, 1.165) is 17.7 Å². The number of para-hydroxylation sites is 1. The van der Waals surface area contributed by atoms with Gasteiger partial charge in [-0.05, 0) is 42.7 Å². The van der Waals surface area contributed by atoms with Crippen LogP contribution in [0.15, 0.2) is 66.7 Å². The van der Waals surface area contributed by atoms with Gasteiger partial charge < -0.3 is 14.8 Å². The number of carbonyl (C=O) groups is 2. The number of ether oxygens (including phenoxy) is 2. The third-order valence-electron chi connectivity index (χ3n) is 5.54. The summed E-state index contributed by atoms with van der Waals surface area (Å²) in [5.41, 5.74) is 1.74. The number of allylic oxidation sites excluding steroid dienone is 2. The molecule has 4 atom stereocenters. The van der Waals surface area contributed by atoms with E-state index in [0.29, 0.717) is 11.4 Å². The van der Waals surface area contributed by atoms with E-state index in [9.17, 15) is 9.59 Å². The lowest BCUT2D eigenvalue weighted by molar-refractivity contribution is -0.153. The Balaban J connectivity index is 2.07. The number of hydrogen-bond donors (Lipinski definition) is 1. The summed E-state index contributed by atoms with van der Waals surface area (Å²) < 4.78 is 10.2. The van der Waals surface area contributed by atoms with E-state index >= 15 is 0 Å². The minimum absolute atomic E-state index is 0.312. The Morgan fingerprint density at radius 2 is 1.73 bits per heavy atom. The summed E-state index contributed by atoms with van der Waals surface area (Å²) in [5.74, 6) is -2.12. The molecule has 0 aromatic heterocycles. The first kappa shape index (κ1) is 21.9. The van der Waals surface area contributed by atoms with Gasteiger partial charge in [0.05, 0.1) is 32.1 Å². The maximum atomic E-state index is 13.1. The summed E-state index contributed by atoms with van der Waals surface area (Å²) in [5, 5.41) is 4.08. The maximum absolute atomic E-state index is 13.1. The molecule has 0 bridgehead atoms.